The molecule has 1 unspecified atom stereocenters. The van der Waals surface area contributed by atoms with Crippen LogP contribution in [0.5, 0.6) is 0 Å². The topological polar surface area (TPSA) is 15.3 Å². The Morgan fingerprint density at radius 1 is 1.28 bits per heavy atom. The maximum absolute atomic E-state index is 3.77. The largest absolute Gasteiger partial charge is 0.307 e. The Morgan fingerprint density at radius 2 is 1.89 bits per heavy atom. The molecule has 3 heteroatoms. The fraction of sp³-hybridized carbons (Fsp3) is 0.600. The van der Waals surface area contributed by atoms with E-state index in [-0.39, 0.29) is 0 Å². The van der Waals surface area contributed by atoms with Crippen molar-refractivity contribution < 1.29 is 0 Å². The molecule has 1 saturated heterocycles. The van der Waals surface area contributed by atoms with Crippen molar-refractivity contribution >= 4 is 22.6 Å². The Balaban J connectivity index is 1.84. The van der Waals surface area contributed by atoms with Gasteiger partial charge >= 0.3 is 0 Å². The summed E-state index contributed by atoms with van der Waals surface area (Å²) in [5.74, 6) is 0. The second-order valence-electron chi connectivity index (χ2n) is 5.15. The first-order valence-electron chi connectivity index (χ1n) is 6.93. The van der Waals surface area contributed by atoms with Crippen LogP contribution in [0.3, 0.4) is 0 Å². The number of nitrogens with one attached hydrogen (secondary N) is 1. The predicted molar refractivity (Wildman–Crippen MR) is 85.8 cm³/mol. The summed E-state index contributed by atoms with van der Waals surface area (Å²) in [5.41, 5.74) is 1.40. The van der Waals surface area contributed by atoms with Crippen molar-refractivity contribution in [2.45, 2.75) is 38.8 Å². The van der Waals surface area contributed by atoms with E-state index in [1.54, 1.807) is 0 Å². The molecule has 2 rings (SSSR count). The lowest BCUT2D eigenvalue weighted by molar-refractivity contribution is 0.200. The Kier molecular flexibility index (Phi) is 5.45. The molecule has 0 bridgehead atoms. The highest BCUT2D eigenvalue weighted by Crippen LogP contribution is 2.18. The summed E-state index contributed by atoms with van der Waals surface area (Å²) >= 11 is 2.36. The maximum Gasteiger partial charge on any atom is 0.0294 e. The minimum Gasteiger partial charge on any atom is -0.307 e. The van der Waals surface area contributed by atoms with Gasteiger partial charge in [-0.3, -0.25) is 0 Å². The zero-order valence-corrected chi connectivity index (χ0v) is 13.5. The van der Waals surface area contributed by atoms with Crippen LogP contribution in [0.1, 0.15) is 38.3 Å². The van der Waals surface area contributed by atoms with Gasteiger partial charge in [0.25, 0.3) is 0 Å². The Labute approximate surface area is 124 Å². The number of likely N-dealkylation sites (tertiary alicyclic amines) is 1. The van der Waals surface area contributed by atoms with E-state index in [1.165, 1.54) is 41.6 Å². The molecular weight excluding hydrogens is 335 g/mol. The van der Waals surface area contributed by atoms with Crippen LogP contribution in [0.4, 0.5) is 0 Å². The second kappa shape index (κ2) is 6.87. The molecular formula is C15H23IN2. The minimum absolute atomic E-state index is 0.458. The average Bonchev–Trinajstić information content (AvgIpc) is 2.40. The molecule has 0 radical (unpaired) electrons. The molecule has 18 heavy (non-hydrogen) atoms. The zero-order chi connectivity index (χ0) is 13.0. The van der Waals surface area contributed by atoms with Crippen molar-refractivity contribution in [2.75, 3.05) is 19.6 Å². The Morgan fingerprint density at radius 3 is 2.44 bits per heavy atom. The van der Waals surface area contributed by atoms with Gasteiger partial charge in [-0.1, -0.05) is 19.1 Å². The van der Waals surface area contributed by atoms with E-state index in [1.807, 2.05) is 0 Å². The molecule has 100 valence electrons. The summed E-state index contributed by atoms with van der Waals surface area (Å²) in [7, 11) is 0. The summed E-state index contributed by atoms with van der Waals surface area (Å²) in [4.78, 5) is 2.54. The molecule has 1 aliphatic heterocycles. The summed E-state index contributed by atoms with van der Waals surface area (Å²) < 4.78 is 1.31. The highest BCUT2D eigenvalue weighted by Gasteiger charge is 2.19. The van der Waals surface area contributed by atoms with Gasteiger partial charge in [-0.15, -0.1) is 0 Å². The zero-order valence-electron chi connectivity index (χ0n) is 11.3. The van der Waals surface area contributed by atoms with Gasteiger partial charge in [0, 0.05) is 15.7 Å². The van der Waals surface area contributed by atoms with Gasteiger partial charge in [0.1, 0.15) is 0 Å². The van der Waals surface area contributed by atoms with Crippen LogP contribution < -0.4 is 5.32 Å². The first-order valence-corrected chi connectivity index (χ1v) is 8.00. The standard InChI is InChI=1S/C15H23IN2/c1-3-18-10-8-15(9-11-18)17-12(2)13-4-6-14(16)7-5-13/h4-7,12,15,17H,3,8-11H2,1-2H3. The van der Waals surface area contributed by atoms with Gasteiger partial charge in [-0.05, 0) is 79.7 Å². The third kappa shape index (κ3) is 3.93. The molecule has 1 fully saturated rings. The van der Waals surface area contributed by atoms with Crippen molar-refractivity contribution in [3.05, 3.63) is 33.4 Å². The number of piperidine rings is 1. The molecule has 1 N–H and O–H groups in total. The first-order chi connectivity index (χ1) is 8.69. The number of rotatable bonds is 4. The van der Waals surface area contributed by atoms with E-state index >= 15 is 0 Å². The summed E-state index contributed by atoms with van der Waals surface area (Å²) in [6.07, 6.45) is 2.56. The van der Waals surface area contributed by atoms with Gasteiger partial charge in [-0.25, -0.2) is 0 Å². The molecule has 0 spiro atoms. The quantitative estimate of drug-likeness (QED) is 0.830. The molecule has 0 aromatic heterocycles. The van der Waals surface area contributed by atoms with Crippen LogP contribution >= 0.6 is 22.6 Å². The van der Waals surface area contributed by atoms with Crippen molar-refractivity contribution in [2.24, 2.45) is 0 Å². The normalized spacial score (nSPS) is 19.9. The SMILES string of the molecule is CCN1CCC(NC(C)c2ccc(I)cc2)CC1. The minimum atomic E-state index is 0.458. The van der Waals surface area contributed by atoms with Crippen LogP contribution in [0.2, 0.25) is 0 Å². The van der Waals surface area contributed by atoms with Crippen LogP contribution in [0, 0.1) is 3.57 Å². The summed E-state index contributed by atoms with van der Waals surface area (Å²) in [6.45, 7) is 8.21. The van der Waals surface area contributed by atoms with E-state index in [2.05, 4.69) is 70.9 Å². The number of nitrogens with zero attached hydrogens (tertiary/aromatic N) is 1. The highest BCUT2D eigenvalue weighted by molar-refractivity contribution is 14.1. The fourth-order valence-corrected chi connectivity index (χ4v) is 2.98. The van der Waals surface area contributed by atoms with Crippen LogP contribution in [0.25, 0.3) is 0 Å². The van der Waals surface area contributed by atoms with E-state index in [0.29, 0.717) is 12.1 Å². The third-order valence-electron chi connectivity index (χ3n) is 3.89. The highest BCUT2D eigenvalue weighted by atomic mass is 127. The van der Waals surface area contributed by atoms with E-state index in [0.717, 1.165) is 0 Å². The van der Waals surface area contributed by atoms with Crippen molar-refractivity contribution in [3.63, 3.8) is 0 Å². The molecule has 0 saturated carbocycles. The van der Waals surface area contributed by atoms with E-state index in [9.17, 15) is 0 Å². The van der Waals surface area contributed by atoms with Crippen LogP contribution in [-0.2, 0) is 0 Å². The Bertz CT molecular complexity index is 355. The van der Waals surface area contributed by atoms with E-state index in [4.69, 9.17) is 0 Å². The molecule has 0 aliphatic carbocycles. The third-order valence-corrected chi connectivity index (χ3v) is 4.61. The molecule has 2 nitrogen and oxygen atoms in total. The Hall–Kier alpha value is -0.130. The second-order valence-corrected chi connectivity index (χ2v) is 6.39. The van der Waals surface area contributed by atoms with Crippen molar-refractivity contribution in [1.29, 1.82) is 0 Å². The lowest BCUT2D eigenvalue weighted by Crippen LogP contribution is -2.43. The summed E-state index contributed by atoms with van der Waals surface area (Å²) in [6, 6.07) is 9.99. The molecule has 1 aliphatic rings. The van der Waals surface area contributed by atoms with Gasteiger partial charge in [0.2, 0.25) is 0 Å². The van der Waals surface area contributed by atoms with E-state index < -0.39 is 0 Å². The number of halogens is 1. The summed E-state index contributed by atoms with van der Waals surface area (Å²) in [5, 5.41) is 3.77. The van der Waals surface area contributed by atoms with Crippen molar-refractivity contribution in [1.82, 2.24) is 10.2 Å². The first kappa shape index (κ1) is 14.3. The molecule has 1 aromatic rings. The van der Waals surface area contributed by atoms with Gasteiger partial charge in [0.15, 0.2) is 0 Å². The number of benzene rings is 1. The number of hydrogen-bond donors (Lipinski definition) is 1. The van der Waals surface area contributed by atoms with Crippen LogP contribution in [-0.4, -0.2) is 30.6 Å². The smallest absolute Gasteiger partial charge is 0.0294 e. The lowest BCUT2D eigenvalue weighted by atomic mass is 10.0. The monoisotopic (exact) mass is 358 g/mol. The van der Waals surface area contributed by atoms with Gasteiger partial charge in [-0.2, -0.15) is 0 Å². The molecule has 1 atom stereocenters. The molecule has 0 amide bonds. The molecule has 1 heterocycles. The van der Waals surface area contributed by atoms with Crippen LogP contribution in [0.15, 0.2) is 24.3 Å². The average molecular weight is 358 g/mol. The molecule has 1 aromatic carbocycles. The maximum atomic E-state index is 3.77. The van der Waals surface area contributed by atoms with Gasteiger partial charge in [0.05, 0.1) is 0 Å². The predicted octanol–water partition coefficient (Wildman–Crippen LogP) is 3.43. The lowest BCUT2D eigenvalue weighted by Gasteiger charge is -2.33. The number of hydrogen-bond acceptors (Lipinski definition) is 2. The van der Waals surface area contributed by atoms with Crippen molar-refractivity contribution in [3.8, 4) is 0 Å². The van der Waals surface area contributed by atoms with Gasteiger partial charge < -0.3 is 10.2 Å². The fourth-order valence-electron chi connectivity index (χ4n) is 2.62.